The third kappa shape index (κ3) is 2.63. The van der Waals surface area contributed by atoms with Gasteiger partial charge in [-0.15, -0.1) is 0 Å². The SMILES string of the molecule is Cc1c(-c2ccccc2)cccc1-c1ccc(C=O)cc1. The quantitative estimate of drug-likeness (QED) is 0.603. The van der Waals surface area contributed by atoms with E-state index in [4.69, 9.17) is 0 Å². The van der Waals surface area contributed by atoms with Gasteiger partial charge in [-0.1, -0.05) is 72.8 Å². The molecule has 0 amide bonds. The van der Waals surface area contributed by atoms with Gasteiger partial charge in [-0.2, -0.15) is 0 Å². The van der Waals surface area contributed by atoms with Crippen LogP contribution in [0.4, 0.5) is 0 Å². The van der Waals surface area contributed by atoms with Gasteiger partial charge in [0.15, 0.2) is 0 Å². The average molecular weight is 272 g/mol. The van der Waals surface area contributed by atoms with E-state index in [0.29, 0.717) is 5.56 Å². The Morgan fingerprint density at radius 2 is 1.24 bits per heavy atom. The Bertz CT molecular complexity index is 756. The van der Waals surface area contributed by atoms with Crippen molar-refractivity contribution in [1.29, 1.82) is 0 Å². The fourth-order valence-corrected chi connectivity index (χ4v) is 2.62. The lowest BCUT2D eigenvalue weighted by Gasteiger charge is -2.12. The highest BCUT2D eigenvalue weighted by Crippen LogP contribution is 2.31. The zero-order valence-corrected chi connectivity index (χ0v) is 11.9. The molecular formula is C20H16O. The summed E-state index contributed by atoms with van der Waals surface area (Å²) < 4.78 is 0. The van der Waals surface area contributed by atoms with E-state index in [9.17, 15) is 4.79 Å². The molecule has 0 saturated carbocycles. The number of benzene rings is 3. The molecule has 0 radical (unpaired) electrons. The molecular weight excluding hydrogens is 256 g/mol. The lowest BCUT2D eigenvalue weighted by Crippen LogP contribution is -1.89. The van der Waals surface area contributed by atoms with Crippen LogP contribution in [0.2, 0.25) is 0 Å². The minimum absolute atomic E-state index is 0.704. The summed E-state index contributed by atoms with van der Waals surface area (Å²) in [5.74, 6) is 0. The van der Waals surface area contributed by atoms with Crippen molar-refractivity contribution in [2.45, 2.75) is 6.92 Å². The predicted octanol–water partition coefficient (Wildman–Crippen LogP) is 5.14. The summed E-state index contributed by atoms with van der Waals surface area (Å²) >= 11 is 0. The van der Waals surface area contributed by atoms with Crippen LogP contribution in [0.3, 0.4) is 0 Å². The molecule has 0 aromatic heterocycles. The van der Waals surface area contributed by atoms with Crippen molar-refractivity contribution in [3.05, 3.63) is 83.9 Å². The molecule has 0 bridgehead atoms. The molecule has 1 heteroatoms. The maximum absolute atomic E-state index is 10.8. The highest BCUT2D eigenvalue weighted by molar-refractivity contribution is 5.80. The maximum atomic E-state index is 10.8. The van der Waals surface area contributed by atoms with E-state index in [1.54, 1.807) is 0 Å². The van der Waals surface area contributed by atoms with Crippen molar-refractivity contribution in [1.82, 2.24) is 0 Å². The Kier molecular flexibility index (Phi) is 3.65. The summed E-state index contributed by atoms with van der Waals surface area (Å²) in [6.07, 6.45) is 0.872. The summed E-state index contributed by atoms with van der Waals surface area (Å²) in [6, 6.07) is 24.5. The summed E-state index contributed by atoms with van der Waals surface area (Å²) in [4.78, 5) is 10.8. The Labute approximate surface area is 124 Å². The molecule has 0 aliphatic rings. The van der Waals surface area contributed by atoms with Gasteiger partial charge in [0.1, 0.15) is 6.29 Å². The second-order valence-corrected chi connectivity index (χ2v) is 5.08. The van der Waals surface area contributed by atoms with Crippen LogP contribution in [0.1, 0.15) is 15.9 Å². The monoisotopic (exact) mass is 272 g/mol. The van der Waals surface area contributed by atoms with Gasteiger partial charge in [0.25, 0.3) is 0 Å². The van der Waals surface area contributed by atoms with Crippen LogP contribution in [-0.2, 0) is 0 Å². The molecule has 0 fully saturated rings. The molecule has 102 valence electrons. The van der Waals surface area contributed by atoms with Gasteiger partial charge in [-0.05, 0) is 34.7 Å². The molecule has 3 rings (SSSR count). The van der Waals surface area contributed by atoms with Crippen molar-refractivity contribution >= 4 is 6.29 Å². The zero-order valence-electron chi connectivity index (χ0n) is 11.9. The van der Waals surface area contributed by atoms with Crippen LogP contribution in [-0.4, -0.2) is 6.29 Å². The number of carbonyl (C=O) groups is 1. The molecule has 0 N–H and O–H groups in total. The summed E-state index contributed by atoms with van der Waals surface area (Å²) in [6.45, 7) is 2.14. The molecule has 3 aromatic rings. The smallest absolute Gasteiger partial charge is 0.150 e. The standard InChI is InChI=1S/C20H16O/c1-15-19(17-6-3-2-4-7-17)8-5-9-20(15)18-12-10-16(14-21)11-13-18/h2-14H,1H3. The average Bonchev–Trinajstić information content (AvgIpc) is 2.56. The molecule has 0 heterocycles. The van der Waals surface area contributed by atoms with Crippen LogP contribution in [0.5, 0.6) is 0 Å². The fourth-order valence-electron chi connectivity index (χ4n) is 2.62. The van der Waals surface area contributed by atoms with Crippen molar-refractivity contribution in [3.63, 3.8) is 0 Å². The van der Waals surface area contributed by atoms with E-state index in [1.165, 1.54) is 22.3 Å². The van der Waals surface area contributed by atoms with E-state index < -0.39 is 0 Å². The van der Waals surface area contributed by atoms with Gasteiger partial charge in [0, 0.05) is 5.56 Å². The molecule has 3 aromatic carbocycles. The highest BCUT2D eigenvalue weighted by Gasteiger charge is 2.07. The van der Waals surface area contributed by atoms with Gasteiger partial charge in [-0.3, -0.25) is 4.79 Å². The minimum Gasteiger partial charge on any atom is -0.298 e. The third-order valence-corrected chi connectivity index (χ3v) is 3.78. The number of rotatable bonds is 3. The minimum atomic E-state index is 0.704. The van der Waals surface area contributed by atoms with E-state index in [-0.39, 0.29) is 0 Å². The Balaban J connectivity index is 2.10. The first-order chi connectivity index (χ1) is 10.3. The molecule has 0 spiro atoms. The van der Waals surface area contributed by atoms with E-state index in [0.717, 1.165) is 11.8 Å². The van der Waals surface area contributed by atoms with Gasteiger partial charge >= 0.3 is 0 Å². The Morgan fingerprint density at radius 1 is 0.667 bits per heavy atom. The van der Waals surface area contributed by atoms with Crippen molar-refractivity contribution in [3.8, 4) is 22.3 Å². The lowest BCUT2D eigenvalue weighted by molar-refractivity contribution is 0.112. The predicted molar refractivity (Wildman–Crippen MR) is 87.4 cm³/mol. The normalized spacial score (nSPS) is 10.3. The first kappa shape index (κ1) is 13.3. The summed E-state index contributed by atoms with van der Waals surface area (Å²) in [5.41, 5.74) is 6.76. The van der Waals surface area contributed by atoms with Gasteiger partial charge < -0.3 is 0 Å². The second-order valence-electron chi connectivity index (χ2n) is 5.08. The van der Waals surface area contributed by atoms with Crippen LogP contribution in [0.25, 0.3) is 22.3 Å². The molecule has 0 saturated heterocycles. The Hall–Kier alpha value is -2.67. The lowest BCUT2D eigenvalue weighted by atomic mass is 9.92. The zero-order chi connectivity index (χ0) is 14.7. The van der Waals surface area contributed by atoms with Crippen molar-refractivity contribution < 1.29 is 4.79 Å². The number of hydrogen-bond donors (Lipinski definition) is 0. The topological polar surface area (TPSA) is 17.1 Å². The molecule has 0 aliphatic heterocycles. The van der Waals surface area contributed by atoms with Crippen LogP contribution >= 0.6 is 0 Å². The third-order valence-electron chi connectivity index (χ3n) is 3.78. The van der Waals surface area contributed by atoms with Crippen LogP contribution < -0.4 is 0 Å². The summed E-state index contributed by atoms with van der Waals surface area (Å²) in [5, 5.41) is 0. The molecule has 0 aliphatic carbocycles. The Morgan fingerprint density at radius 3 is 1.81 bits per heavy atom. The first-order valence-electron chi connectivity index (χ1n) is 7.00. The van der Waals surface area contributed by atoms with Crippen molar-refractivity contribution in [2.24, 2.45) is 0 Å². The molecule has 0 atom stereocenters. The molecule has 0 unspecified atom stereocenters. The van der Waals surface area contributed by atoms with E-state index in [2.05, 4.69) is 49.4 Å². The summed E-state index contributed by atoms with van der Waals surface area (Å²) in [7, 11) is 0. The number of aldehydes is 1. The van der Waals surface area contributed by atoms with Gasteiger partial charge in [-0.25, -0.2) is 0 Å². The van der Waals surface area contributed by atoms with Crippen molar-refractivity contribution in [2.75, 3.05) is 0 Å². The van der Waals surface area contributed by atoms with Crippen LogP contribution in [0, 0.1) is 6.92 Å². The number of hydrogen-bond acceptors (Lipinski definition) is 1. The second kappa shape index (κ2) is 5.76. The number of carbonyl (C=O) groups excluding carboxylic acids is 1. The van der Waals surface area contributed by atoms with E-state index in [1.807, 2.05) is 30.3 Å². The largest absolute Gasteiger partial charge is 0.298 e. The maximum Gasteiger partial charge on any atom is 0.150 e. The highest BCUT2D eigenvalue weighted by atomic mass is 16.1. The molecule has 1 nitrogen and oxygen atoms in total. The van der Waals surface area contributed by atoms with Crippen LogP contribution in [0.15, 0.2) is 72.8 Å². The fraction of sp³-hybridized carbons (Fsp3) is 0.0500. The first-order valence-corrected chi connectivity index (χ1v) is 7.00. The van der Waals surface area contributed by atoms with Gasteiger partial charge in [0.05, 0.1) is 0 Å². The van der Waals surface area contributed by atoms with Gasteiger partial charge in [0.2, 0.25) is 0 Å². The van der Waals surface area contributed by atoms with E-state index >= 15 is 0 Å². The molecule has 21 heavy (non-hydrogen) atoms.